The number of methoxy groups -OCH3 is 2. The number of ether oxygens (including phenoxy) is 2. The quantitative estimate of drug-likeness (QED) is 0.287. The van der Waals surface area contributed by atoms with E-state index < -0.39 is 16.0 Å². The zero-order valence-electron chi connectivity index (χ0n) is 19.1. The Hall–Kier alpha value is -3.76. The molecule has 2 heterocycles. The standard InChI is InChI=1S/C24H23N3O6S/c1-15-16(2)33-26-23(15)27(14-31-3)34(29,30)22-8-6-5-7-19(22)17-9-10-20(24(28)32-4)18-11-12-25-13-21(17)18/h5-13H,14H2,1-4H3. The number of hydrogen-bond donors (Lipinski definition) is 0. The average molecular weight is 482 g/mol. The number of benzene rings is 2. The van der Waals surface area contributed by atoms with E-state index in [4.69, 9.17) is 14.0 Å². The lowest BCUT2D eigenvalue weighted by Crippen LogP contribution is -2.34. The summed E-state index contributed by atoms with van der Waals surface area (Å²) in [6.07, 6.45) is 3.16. The molecular formula is C24H23N3O6S. The molecule has 0 N–H and O–H groups in total. The first-order chi connectivity index (χ1) is 16.3. The zero-order chi connectivity index (χ0) is 24.5. The van der Waals surface area contributed by atoms with Crippen LogP contribution >= 0.6 is 0 Å². The van der Waals surface area contributed by atoms with Gasteiger partial charge >= 0.3 is 5.97 Å². The van der Waals surface area contributed by atoms with Crippen molar-refractivity contribution in [2.45, 2.75) is 18.7 Å². The number of carbonyl (C=O) groups is 1. The molecular weight excluding hydrogens is 458 g/mol. The lowest BCUT2D eigenvalue weighted by molar-refractivity contribution is 0.0603. The Balaban J connectivity index is 1.95. The number of nitrogens with zero attached hydrogens (tertiary/aromatic N) is 3. The molecule has 0 unspecified atom stereocenters. The summed E-state index contributed by atoms with van der Waals surface area (Å²) in [7, 11) is -1.42. The van der Waals surface area contributed by atoms with Crippen molar-refractivity contribution in [2.75, 3.05) is 25.3 Å². The van der Waals surface area contributed by atoms with Crippen LogP contribution in [0, 0.1) is 13.8 Å². The molecule has 0 bridgehead atoms. The van der Waals surface area contributed by atoms with Crippen molar-refractivity contribution in [1.29, 1.82) is 0 Å². The van der Waals surface area contributed by atoms with Gasteiger partial charge < -0.3 is 14.0 Å². The number of hydrogen-bond acceptors (Lipinski definition) is 8. The molecule has 0 aliphatic rings. The molecule has 0 saturated carbocycles. The van der Waals surface area contributed by atoms with Crippen LogP contribution in [0.4, 0.5) is 5.82 Å². The molecule has 2 aromatic heterocycles. The SMILES string of the molecule is COCN(c1noc(C)c1C)S(=O)(=O)c1ccccc1-c1ccc(C(=O)OC)c2ccncc12. The van der Waals surface area contributed by atoms with Gasteiger partial charge in [0.1, 0.15) is 12.5 Å². The molecule has 0 amide bonds. The molecule has 0 atom stereocenters. The molecule has 0 saturated heterocycles. The first-order valence-corrected chi connectivity index (χ1v) is 11.7. The van der Waals surface area contributed by atoms with Gasteiger partial charge in [-0.1, -0.05) is 29.4 Å². The normalized spacial score (nSPS) is 11.5. The van der Waals surface area contributed by atoms with Crippen molar-refractivity contribution >= 4 is 32.6 Å². The minimum Gasteiger partial charge on any atom is -0.465 e. The van der Waals surface area contributed by atoms with Crippen LogP contribution in [0.15, 0.2) is 64.3 Å². The van der Waals surface area contributed by atoms with Crippen molar-refractivity contribution in [1.82, 2.24) is 10.1 Å². The fourth-order valence-corrected chi connectivity index (χ4v) is 5.33. The molecule has 34 heavy (non-hydrogen) atoms. The lowest BCUT2D eigenvalue weighted by atomic mass is 9.96. The number of carbonyl (C=O) groups excluding carboxylic acids is 1. The molecule has 0 aliphatic heterocycles. The van der Waals surface area contributed by atoms with E-state index >= 15 is 0 Å². The summed E-state index contributed by atoms with van der Waals surface area (Å²) in [5, 5.41) is 5.16. The molecule has 10 heteroatoms. The van der Waals surface area contributed by atoms with Gasteiger partial charge in [-0.05, 0) is 43.0 Å². The number of fused-ring (bicyclic) bond motifs is 1. The Morgan fingerprint density at radius 3 is 2.47 bits per heavy atom. The van der Waals surface area contributed by atoms with Crippen LogP contribution in [-0.4, -0.2) is 45.5 Å². The Morgan fingerprint density at radius 2 is 1.79 bits per heavy atom. The van der Waals surface area contributed by atoms with Crippen LogP contribution in [0.2, 0.25) is 0 Å². The van der Waals surface area contributed by atoms with Gasteiger partial charge in [-0.25, -0.2) is 17.5 Å². The number of esters is 1. The summed E-state index contributed by atoms with van der Waals surface area (Å²) in [4.78, 5) is 16.5. The van der Waals surface area contributed by atoms with Crippen LogP contribution in [-0.2, 0) is 19.5 Å². The molecule has 9 nitrogen and oxygen atoms in total. The Morgan fingerprint density at radius 1 is 1.03 bits per heavy atom. The van der Waals surface area contributed by atoms with Crippen LogP contribution in [0.3, 0.4) is 0 Å². The molecule has 4 aromatic rings. The van der Waals surface area contributed by atoms with Gasteiger partial charge in [0, 0.05) is 36.0 Å². The second kappa shape index (κ2) is 9.24. The van der Waals surface area contributed by atoms with E-state index in [1.54, 1.807) is 62.6 Å². The second-order valence-electron chi connectivity index (χ2n) is 7.53. The van der Waals surface area contributed by atoms with E-state index in [1.165, 1.54) is 20.3 Å². The Labute approximate surface area is 197 Å². The largest absolute Gasteiger partial charge is 0.465 e. The minimum absolute atomic E-state index is 0.0445. The predicted molar refractivity (Wildman–Crippen MR) is 126 cm³/mol. The second-order valence-corrected chi connectivity index (χ2v) is 9.36. The molecule has 2 aromatic carbocycles. The van der Waals surface area contributed by atoms with E-state index in [1.807, 2.05) is 0 Å². The molecule has 4 rings (SSSR count). The first-order valence-electron chi connectivity index (χ1n) is 10.3. The predicted octanol–water partition coefficient (Wildman–Crippen LogP) is 4.09. The maximum absolute atomic E-state index is 13.9. The van der Waals surface area contributed by atoms with Crippen molar-refractivity contribution < 1.29 is 27.2 Å². The number of anilines is 1. The van der Waals surface area contributed by atoms with Crippen LogP contribution in [0.1, 0.15) is 21.7 Å². The van der Waals surface area contributed by atoms with Crippen LogP contribution < -0.4 is 4.31 Å². The highest BCUT2D eigenvalue weighted by atomic mass is 32.2. The molecule has 0 fully saturated rings. The average Bonchev–Trinajstić information content (AvgIpc) is 3.18. The molecule has 176 valence electrons. The third-order valence-electron chi connectivity index (χ3n) is 5.58. The summed E-state index contributed by atoms with van der Waals surface area (Å²) in [6, 6.07) is 11.6. The van der Waals surface area contributed by atoms with Crippen LogP contribution in [0.5, 0.6) is 0 Å². The van der Waals surface area contributed by atoms with Gasteiger partial charge in [0.15, 0.2) is 5.82 Å². The number of aryl methyl sites for hydroxylation is 1. The number of pyridine rings is 1. The summed E-state index contributed by atoms with van der Waals surface area (Å²) in [5.41, 5.74) is 1.99. The first kappa shape index (κ1) is 23.4. The van der Waals surface area contributed by atoms with Crippen LogP contribution in [0.25, 0.3) is 21.9 Å². The third kappa shape index (κ3) is 3.91. The number of sulfonamides is 1. The van der Waals surface area contributed by atoms with Crippen molar-refractivity contribution in [3.05, 3.63) is 71.7 Å². The Kier molecular flexibility index (Phi) is 6.36. The summed E-state index contributed by atoms with van der Waals surface area (Å²) < 4.78 is 44.2. The van der Waals surface area contributed by atoms with Gasteiger partial charge in [0.2, 0.25) is 0 Å². The van der Waals surface area contributed by atoms with Crippen molar-refractivity contribution in [3.63, 3.8) is 0 Å². The van der Waals surface area contributed by atoms with E-state index in [2.05, 4.69) is 10.1 Å². The lowest BCUT2D eigenvalue weighted by Gasteiger charge is -2.23. The number of rotatable bonds is 7. The smallest absolute Gasteiger partial charge is 0.338 e. The minimum atomic E-state index is -4.13. The maximum atomic E-state index is 13.9. The molecule has 0 spiro atoms. The fraction of sp³-hybridized carbons (Fsp3) is 0.208. The van der Waals surface area contributed by atoms with Gasteiger partial charge in [-0.15, -0.1) is 0 Å². The van der Waals surface area contributed by atoms with Crippen molar-refractivity contribution in [3.8, 4) is 11.1 Å². The van der Waals surface area contributed by atoms with Gasteiger partial charge in [-0.2, -0.15) is 0 Å². The summed E-state index contributed by atoms with van der Waals surface area (Å²) in [6.45, 7) is 3.18. The summed E-state index contributed by atoms with van der Waals surface area (Å²) >= 11 is 0. The van der Waals surface area contributed by atoms with Gasteiger partial charge in [0.05, 0.1) is 17.6 Å². The number of aromatic nitrogens is 2. The van der Waals surface area contributed by atoms with E-state index in [9.17, 15) is 13.2 Å². The van der Waals surface area contributed by atoms with Crippen molar-refractivity contribution in [2.24, 2.45) is 0 Å². The van der Waals surface area contributed by atoms with E-state index in [0.717, 1.165) is 4.31 Å². The highest BCUT2D eigenvalue weighted by Gasteiger charge is 2.32. The zero-order valence-corrected chi connectivity index (χ0v) is 19.9. The molecule has 0 aliphatic carbocycles. The third-order valence-corrected chi connectivity index (χ3v) is 7.35. The highest BCUT2D eigenvalue weighted by Crippen LogP contribution is 2.37. The molecule has 0 radical (unpaired) electrons. The highest BCUT2D eigenvalue weighted by molar-refractivity contribution is 7.93. The fourth-order valence-electron chi connectivity index (χ4n) is 3.75. The Bertz CT molecular complexity index is 1480. The summed E-state index contributed by atoms with van der Waals surface area (Å²) in [5.74, 6) is 0.170. The maximum Gasteiger partial charge on any atom is 0.338 e. The topological polar surface area (TPSA) is 112 Å². The van der Waals surface area contributed by atoms with Gasteiger partial charge in [0.25, 0.3) is 10.0 Å². The van der Waals surface area contributed by atoms with E-state index in [0.29, 0.717) is 38.8 Å². The van der Waals surface area contributed by atoms with E-state index in [-0.39, 0.29) is 17.4 Å². The monoisotopic (exact) mass is 481 g/mol. The van der Waals surface area contributed by atoms with Gasteiger partial charge in [-0.3, -0.25) is 4.98 Å².